The quantitative estimate of drug-likeness (QED) is 0.527. The van der Waals surface area contributed by atoms with Crippen molar-refractivity contribution in [1.82, 2.24) is 0 Å². The number of hydrogen-bond donors (Lipinski definition) is 2. The van der Waals surface area contributed by atoms with Crippen LogP contribution in [-0.2, 0) is 9.59 Å². The number of anilines is 2. The molecule has 0 radical (unpaired) electrons. The molecular formula is C24H33FN2O2P+. The number of halogens is 1. The smallest absolute Gasteiger partial charge is 0.261 e. The number of hydrogen-bond acceptors (Lipinski definition) is 2. The summed E-state index contributed by atoms with van der Waals surface area (Å²) in [6.45, 7) is 11.6. The highest BCUT2D eigenvalue weighted by Crippen LogP contribution is 2.57. The van der Waals surface area contributed by atoms with Crippen molar-refractivity contribution in [2.24, 2.45) is 0 Å². The van der Waals surface area contributed by atoms with Gasteiger partial charge in [-0.2, -0.15) is 0 Å². The van der Waals surface area contributed by atoms with Crippen molar-refractivity contribution in [3.63, 3.8) is 0 Å². The Hall–Kier alpha value is -2.26. The fourth-order valence-corrected chi connectivity index (χ4v) is 6.64. The predicted octanol–water partition coefficient (Wildman–Crippen LogP) is 5.69. The van der Waals surface area contributed by atoms with Gasteiger partial charge in [-0.1, -0.05) is 18.2 Å². The third kappa shape index (κ3) is 5.89. The van der Waals surface area contributed by atoms with Crippen molar-refractivity contribution >= 4 is 30.5 Å². The van der Waals surface area contributed by atoms with Crippen molar-refractivity contribution < 1.29 is 14.0 Å². The van der Waals surface area contributed by atoms with E-state index >= 15 is 0 Å². The average molecular weight is 432 g/mol. The van der Waals surface area contributed by atoms with Crippen LogP contribution in [0.4, 0.5) is 15.8 Å². The molecule has 2 N–H and O–H groups in total. The largest absolute Gasteiger partial charge is 0.322 e. The number of aryl methyl sites for hydroxylation is 4. The van der Waals surface area contributed by atoms with E-state index in [1.165, 1.54) is 12.1 Å². The lowest BCUT2D eigenvalue weighted by atomic mass is 10.1. The second-order valence-electron chi connectivity index (χ2n) is 8.07. The fraction of sp³-hybridized carbons (Fsp3) is 0.417. The second-order valence-corrected chi connectivity index (χ2v) is 12.6. The summed E-state index contributed by atoms with van der Waals surface area (Å²) in [6, 6.07) is 8.77. The molecule has 0 bridgehead atoms. The molecule has 0 saturated carbocycles. The molecule has 4 nitrogen and oxygen atoms in total. The molecule has 0 aliphatic rings. The van der Waals surface area contributed by atoms with Gasteiger partial charge in [-0.05, 0) is 75.9 Å². The van der Waals surface area contributed by atoms with E-state index in [-0.39, 0.29) is 17.6 Å². The van der Waals surface area contributed by atoms with Gasteiger partial charge in [-0.3, -0.25) is 9.59 Å². The molecule has 2 rings (SSSR count). The summed E-state index contributed by atoms with van der Waals surface area (Å²) in [4.78, 5) is 25.8. The van der Waals surface area contributed by atoms with E-state index in [0.29, 0.717) is 29.1 Å². The van der Waals surface area contributed by atoms with Gasteiger partial charge in [-0.15, -0.1) is 0 Å². The van der Waals surface area contributed by atoms with E-state index in [0.717, 1.165) is 29.1 Å². The molecule has 0 aromatic heterocycles. The van der Waals surface area contributed by atoms with Crippen LogP contribution in [0.3, 0.4) is 0 Å². The number of nitrogens with one attached hydrogen (secondary N) is 2. The molecule has 6 heteroatoms. The zero-order valence-electron chi connectivity index (χ0n) is 18.9. The molecule has 0 atom stereocenters. The number of para-hydroxylation sites is 1. The van der Waals surface area contributed by atoms with Crippen LogP contribution < -0.4 is 10.6 Å². The van der Waals surface area contributed by atoms with Crippen LogP contribution in [0.5, 0.6) is 0 Å². The van der Waals surface area contributed by atoms with Crippen LogP contribution in [0.1, 0.15) is 36.1 Å². The van der Waals surface area contributed by atoms with Crippen molar-refractivity contribution in [1.29, 1.82) is 0 Å². The van der Waals surface area contributed by atoms with E-state index in [9.17, 15) is 14.0 Å². The molecular weight excluding hydrogens is 398 g/mol. The van der Waals surface area contributed by atoms with E-state index in [2.05, 4.69) is 24.5 Å². The van der Waals surface area contributed by atoms with Crippen molar-refractivity contribution in [3.8, 4) is 0 Å². The second kappa shape index (κ2) is 10.2. The Morgan fingerprint density at radius 2 is 1.20 bits per heavy atom. The molecule has 0 unspecified atom stereocenters. The maximum absolute atomic E-state index is 13.6. The lowest BCUT2D eigenvalue weighted by Crippen LogP contribution is -2.28. The van der Waals surface area contributed by atoms with Crippen molar-refractivity contribution in [2.45, 2.75) is 41.5 Å². The summed E-state index contributed by atoms with van der Waals surface area (Å²) in [5, 5.41) is 6.03. The van der Waals surface area contributed by atoms with E-state index in [4.69, 9.17) is 0 Å². The van der Waals surface area contributed by atoms with E-state index in [1.807, 2.05) is 32.0 Å². The molecule has 162 valence electrons. The summed E-state index contributed by atoms with van der Waals surface area (Å²) in [5.41, 5.74) is 4.97. The summed E-state index contributed by atoms with van der Waals surface area (Å²) >= 11 is 0. The lowest BCUT2D eigenvalue weighted by Gasteiger charge is -2.25. The lowest BCUT2D eigenvalue weighted by molar-refractivity contribution is -0.114. The summed E-state index contributed by atoms with van der Waals surface area (Å²) in [7, 11) is -1.81. The predicted molar refractivity (Wildman–Crippen MR) is 127 cm³/mol. The highest BCUT2D eigenvalue weighted by molar-refractivity contribution is 7.77. The minimum atomic E-state index is -1.81. The van der Waals surface area contributed by atoms with Gasteiger partial charge in [0.1, 0.15) is 18.1 Å². The normalized spacial score (nSPS) is 11.3. The monoisotopic (exact) mass is 431 g/mol. The molecule has 0 spiro atoms. The minimum Gasteiger partial charge on any atom is -0.322 e. The van der Waals surface area contributed by atoms with Gasteiger partial charge in [0.05, 0.1) is 12.3 Å². The molecule has 0 fully saturated rings. The zero-order valence-corrected chi connectivity index (χ0v) is 19.8. The molecule has 0 saturated heterocycles. The number of carbonyl (C=O) groups excluding carboxylic acids is 2. The van der Waals surface area contributed by atoms with Crippen LogP contribution in [0.2, 0.25) is 0 Å². The van der Waals surface area contributed by atoms with Gasteiger partial charge in [0, 0.05) is 18.6 Å². The van der Waals surface area contributed by atoms with Gasteiger partial charge in [0.15, 0.2) is 0 Å². The Kier molecular flexibility index (Phi) is 8.14. The van der Waals surface area contributed by atoms with Crippen LogP contribution >= 0.6 is 7.26 Å². The van der Waals surface area contributed by atoms with E-state index in [1.54, 1.807) is 13.8 Å². The molecule has 0 aliphatic carbocycles. The fourth-order valence-electron chi connectivity index (χ4n) is 3.81. The number of amides is 2. The number of benzene rings is 2. The maximum Gasteiger partial charge on any atom is 0.261 e. The van der Waals surface area contributed by atoms with Gasteiger partial charge >= 0.3 is 0 Å². The maximum atomic E-state index is 13.6. The first kappa shape index (κ1) is 24.0. The molecule has 2 aromatic carbocycles. The van der Waals surface area contributed by atoms with Crippen molar-refractivity contribution in [2.75, 3.05) is 35.3 Å². The van der Waals surface area contributed by atoms with Crippen LogP contribution in [0.15, 0.2) is 30.3 Å². The molecule has 2 aromatic rings. The summed E-state index contributed by atoms with van der Waals surface area (Å²) in [5.74, 6) is -0.453. The standard InChI is InChI=1S/C24H32FN2O2P/c1-7-30(8-2,14-21(28)26-23-16(3)10-9-11-17(23)4)15-22(29)27-24-18(5)12-20(25)13-19(24)6/h9-13H,7-8,14-15H2,1-6H3,(H-,26,27,28,29)/p+1. The Morgan fingerprint density at radius 3 is 1.60 bits per heavy atom. The average Bonchev–Trinajstić information content (AvgIpc) is 2.67. The van der Waals surface area contributed by atoms with Crippen LogP contribution in [0, 0.1) is 33.5 Å². The molecule has 2 amide bonds. The first-order valence-corrected chi connectivity index (χ1v) is 12.9. The van der Waals surface area contributed by atoms with Gasteiger partial charge in [0.25, 0.3) is 11.8 Å². The molecule has 30 heavy (non-hydrogen) atoms. The third-order valence-electron chi connectivity index (χ3n) is 5.81. The SMILES string of the molecule is CC[P+](CC)(CC(=O)Nc1c(C)cccc1C)CC(=O)Nc1c(C)cc(F)cc1C. The minimum absolute atomic E-state index is 0.0358. The highest BCUT2D eigenvalue weighted by Gasteiger charge is 2.39. The third-order valence-corrected chi connectivity index (χ3v) is 10.4. The Balaban J connectivity index is 2.13. The van der Waals surface area contributed by atoms with Crippen LogP contribution in [-0.4, -0.2) is 36.5 Å². The first-order chi connectivity index (χ1) is 14.1. The van der Waals surface area contributed by atoms with Gasteiger partial charge in [0.2, 0.25) is 0 Å². The Labute approximate surface area is 180 Å². The summed E-state index contributed by atoms with van der Waals surface area (Å²) < 4.78 is 13.6. The number of carbonyl (C=O) groups is 2. The van der Waals surface area contributed by atoms with E-state index < -0.39 is 7.26 Å². The van der Waals surface area contributed by atoms with Gasteiger partial charge < -0.3 is 10.6 Å². The zero-order chi connectivity index (χ0) is 22.5. The van der Waals surface area contributed by atoms with Crippen molar-refractivity contribution in [3.05, 3.63) is 58.4 Å². The summed E-state index contributed by atoms with van der Waals surface area (Å²) in [6.07, 6.45) is 2.36. The Bertz CT molecular complexity index is 896. The topological polar surface area (TPSA) is 58.2 Å². The first-order valence-electron chi connectivity index (χ1n) is 10.4. The Morgan fingerprint density at radius 1 is 0.800 bits per heavy atom. The molecule has 0 heterocycles. The van der Waals surface area contributed by atoms with Crippen LogP contribution in [0.25, 0.3) is 0 Å². The molecule has 0 aliphatic heterocycles. The highest BCUT2D eigenvalue weighted by atomic mass is 31.2. The number of rotatable bonds is 8. The van der Waals surface area contributed by atoms with Gasteiger partial charge in [-0.25, -0.2) is 4.39 Å².